The van der Waals surface area contributed by atoms with E-state index in [2.05, 4.69) is 19.2 Å². The predicted molar refractivity (Wildman–Crippen MR) is 96.8 cm³/mol. The zero-order valence-corrected chi connectivity index (χ0v) is 15.1. The number of hydrogen-bond donors (Lipinski definition) is 2. The Balaban J connectivity index is 0.00000264. The molecule has 4 nitrogen and oxygen atoms in total. The van der Waals surface area contributed by atoms with Crippen molar-refractivity contribution in [3.05, 3.63) is 35.6 Å². The maximum absolute atomic E-state index is 12.2. The zero-order valence-electron chi connectivity index (χ0n) is 14.3. The topological polar surface area (TPSA) is 68.3 Å². The van der Waals surface area contributed by atoms with E-state index in [1.54, 1.807) is 0 Å². The summed E-state index contributed by atoms with van der Waals surface area (Å²) in [6.07, 6.45) is 1.13. The molecule has 1 aromatic carbocycles. The lowest BCUT2D eigenvalue weighted by Gasteiger charge is -2.21. The van der Waals surface area contributed by atoms with E-state index in [9.17, 15) is 4.79 Å². The lowest BCUT2D eigenvalue weighted by Crippen LogP contribution is -2.32. The van der Waals surface area contributed by atoms with Crippen LogP contribution >= 0.6 is 12.4 Å². The van der Waals surface area contributed by atoms with Crippen LogP contribution in [0.15, 0.2) is 28.7 Å². The van der Waals surface area contributed by atoms with E-state index in [4.69, 9.17) is 10.2 Å². The Morgan fingerprint density at radius 2 is 1.91 bits per heavy atom. The third-order valence-electron chi connectivity index (χ3n) is 3.97. The molecule has 0 aliphatic rings. The first-order valence-electron chi connectivity index (χ1n) is 7.93. The smallest absolute Gasteiger partial charge is 0.220 e. The number of amides is 1. The van der Waals surface area contributed by atoms with Crippen molar-refractivity contribution < 1.29 is 9.21 Å². The summed E-state index contributed by atoms with van der Waals surface area (Å²) in [6.45, 7) is 8.13. The van der Waals surface area contributed by atoms with Crippen molar-refractivity contribution in [2.24, 2.45) is 11.7 Å². The molecule has 0 saturated heterocycles. The van der Waals surface area contributed by atoms with Crippen molar-refractivity contribution in [2.75, 3.05) is 0 Å². The largest absolute Gasteiger partial charge is 0.459 e. The van der Waals surface area contributed by atoms with Gasteiger partial charge in [-0.05, 0) is 32.3 Å². The number of fused-ring (bicyclic) bond motifs is 1. The first-order valence-corrected chi connectivity index (χ1v) is 7.93. The number of nitrogens with one attached hydrogen (secondary N) is 1. The second kappa shape index (κ2) is 8.37. The fourth-order valence-electron chi connectivity index (χ4n) is 2.63. The minimum atomic E-state index is -0.118. The fraction of sp³-hybridized carbons (Fsp3) is 0.500. The fourth-order valence-corrected chi connectivity index (χ4v) is 2.63. The molecule has 1 aromatic heterocycles. The van der Waals surface area contributed by atoms with Crippen LogP contribution in [-0.4, -0.2) is 11.9 Å². The molecular weight excluding hydrogens is 312 g/mol. The van der Waals surface area contributed by atoms with Gasteiger partial charge in [-0.3, -0.25) is 4.79 Å². The molecule has 0 saturated carbocycles. The van der Waals surface area contributed by atoms with Gasteiger partial charge in [0, 0.05) is 23.4 Å². The van der Waals surface area contributed by atoms with Gasteiger partial charge in [-0.25, -0.2) is 0 Å². The summed E-state index contributed by atoms with van der Waals surface area (Å²) in [5, 5.41) is 4.21. The van der Waals surface area contributed by atoms with Crippen LogP contribution in [0.3, 0.4) is 0 Å². The van der Waals surface area contributed by atoms with Crippen LogP contribution in [0.25, 0.3) is 11.0 Å². The van der Waals surface area contributed by atoms with Crippen molar-refractivity contribution >= 4 is 29.3 Å². The van der Waals surface area contributed by atoms with Gasteiger partial charge < -0.3 is 15.5 Å². The molecule has 2 aromatic rings. The van der Waals surface area contributed by atoms with Crippen molar-refractivity contribution in [1.82, 2.24) is 5.32 Å². The Bertz CT molecular complexity index is 650. The summed E-state index contributed by atoms with van der Waals surface area (Å²) in [6, 6.07) is 7.89. The third kappa shape index (κ3) is 4.72. The van der Waals surface area contributed by atoms with E-state index in [1.807, 2.05) is 38.1 Å². The summed E-state index contributed by atoms with van der Waals surface area (Å²) >= 11 is 0. The number of benzene rings is 1. The molecule has 128 valence electrons. The lowest BCUT2D eigenvalue weighted by molar-refractivity contribution is -0.122. The summed E-state index contributed by atoms with van der Waals surface area (Å²) in [5.41, 5.74) is 7.68. The average Bonchev–Trinajstić information content (AvgIpc) is 2.80. The van der Waals surface area contributed by atoms with Crippen LogP contribution in [0.5, 0.6) is 0 Å². The molecule has 1 amide bonds. The third-order valence-corrected chi connectivity index (χ3v) is 3.97. The van der Waals surface area contributed by atoms with Crippen molar-refractivity contribution in [3.63, 3.8) is 0 Å². The molecule has 0 aliphatic heterocycles. The second-order valence-electron chi connectivity index (χ2n) is 6.39. The molecule has 5 heteroatoms. The molecule has 3 N–H and O–H groups in total. The standard InChI is InChI=1S/C18H26N2O2.ClH/c1-11(2)17(20-16(21)10-9-12(3)19)18-13(4)14-7-5-6-8-15(14)22-18;/h5-8,11-12,17H,9-10,19H2,1-4H3,(H,20,21);1H. The molecule has 0 fully saturated rings. The van der Waals surface area contributed by atoms with Crippen LogP contribution in [0.4, 0.5) is 0 Å². The van der Waals surface area contributed by atoms with E-state index in [0.717, 1.165) is 22.3 Å². The monoisotopic (exact) mass is 338 g/mol. The van der Waals surface area contributed by atoms with Gasteiger partial charge >= 0.3 is 0 Å². The number of halogens is 1. The Kier molecular flexibility index (Phi) is 7.10. The van der Waals surface area contributed by atoms with Gasteiger partial charge in [0.1, 0.15) is 11.3 Å². The Hall–Kier alpha value is -1.52. The van der Waals surface area contributed by atoms with Crippen LogP contribution in [-0.2, 0) is 4.79 Å². The van der Waals surface area contributed by atoms with Gasteiger partial charge in [0.25, 0.3) is 0 Å². The molecule has 2 rings (SSSR count). The highest BCUT2D eigenvalue weighted by molar-refractivity contribution is 5.85. The number of rotatable bonds is 6. The van der Waals surface area contributed by atoms with Gasteiger partial charge in [0.15, 0.2) is 0 Å². The van der Waals surface area contributed by atoms with Crippen molar-refractivity contribution in [3.8, 4) is 0 Å². The molecule has 0 aliphatic carbocycles. The maximum Gasteiger partial charge on any atom is 0.220 e. The number of nitrogens with two attached hydrogens (primary N) is 1. The Labute approximate surface area is 144 Å². The number of para-hydroxylation sites is 1. The number of aryl methyl sites for hydroxylation is 1. The SMILES string of the molecule is Cc1c(C(NC(=O)CCC(C)N)C(C)C)oc2ccccc12.Cl. The van der Waals surface area contributed by atoms with E-state index < -0.39 is 0 Å². The van der Waals surface area contributed by atoms with Gasteiger partial charge in [0.2, 0.25) is 5.91 Å². The summed E-state index contributed by atoms with van der Waals surface area (Å²) in [5.74, 6) is 1.12. The van der Waals surface area contributed by atoms with Crippen LogP contribution < -0.4 is 11.1 Å². The number of hydrogen-bond acceptors (Lipinski definition) is 3. The van der Waals surface area contributed by atoms with Crippen LogP contribution in [0.1, 0.15) is 51.0 Å². The van der Waals surface area contributed by atoms with Gasteiger partial charge in [-0.2, -0.15) is 0 Å². The Morgan fingerprint density at radius 1 is 1.26 bits per heavy atom. The van der Waals surface area contributed by atoms with Gasteiger partial charge in [-0.1, -0.05) is 32.0 Å². The minimum absolute atomic E-state index is 0. The molecule has 0 bridgehead atoms. The number of carbonyl (C=O) groups is 1. The lowest BCUT2D eigenvalue weighted by atomic mass is 9.98. The Morgan fingerprint density at radius 3 is 2.48 bits per heavy atom. The molecule has 0 spiro atoms. The molecule has 2 unspecified atom stereocenters. The summed E-state index contributed by atoms with van der Waals surface area (Å²) in [4.78, 5) is 12.2. The van der Waals surface area contributed by atoms with E-state index in [-0.39, 0.29) is 36.3 Å². The number of furan rings is 1. The minimum Gasteiger partial charge on any atom is -0.459 e. The molecule has 0 radical (unpaired) electrons. The highest BCUT2D eigenvalue weighted by Crippen LogP contribution is 2.32. The van der Waals surface area contributed by atoms with Crippen LogP contribution in [0, 0.1) is 12.8 Å². The van der Waals surface area contributed by atoms with Gasteiger partial charge in [0.05, 0.1) is 6.04 Å². The molecule has 1 heterocycles. The second-order valence-corrected chi connectivity index (χ2v) is 6.39. The normalized spacial score (nSPS) is 13.7. The van der Waals surface area contributed by atoms with Crippen molar-refractivity contribution in [1.29, 1.82) is 0 Å². The number of carbonyl (C=O) groups excluding carboxylic acids is 1. The molecule has 23 heavy (non-hydrogen) atoms. The highest BCUT2D eigenvalue weighted by atomic mass is 35.5. The predicted octanol–water partition coefficient (Wildman–Crippen LogP) is 4.10. The van der Waals surface area contributed by atoms with E-state index in [1.165, 1.54) is 0 Å². The van der Waals surface area contributed by atoms with E-state index in [0.29, 0.717) is 12.8 Å². The first-order chi connectivity index (χ1) is 10.4. The average molecular weight is 339 g/mol. The van der Waals surface area contributed by atoms with E-state index >= 15 is 0 Å². The quantitative estimate of drug-likeness (QED) is 0.833. The summed E-state index contributed by atoms with van der Waals surface area (Å²) in [7, 11) is 0. The first kappa shape index (κ1) is 19.5. The van der Waals surface area contributed by atoms with Gasteiger partial charge in [-0.15, -0.1) is 12.4 Å². The molecular formula is C18H27ClN2O2. The zero-order chi connectivity index (χ0) is 16.3. The van der Waals surface area contributed by atoms with Crippen LogP contribution in [0.2, 0.25) is 0 Å². The van der Waals surface area contributed by atoms with Crippen molar-refractivity contribution in [2.45, 2.75) is 52.6 Å². The summed E-state index contributed by atoms with van der Waals surface area (Å²) < 4.78 is 6.01. The molecule has 2 atom stereocenters. The maximum atomic E-state index is 12.2. The highest BCUT2D eigenvalue weighted by Gasteiger charge is 2.24.